The highest BCUT2D eigenvalue weighted by Crippen LogP contribution is 2.29. The summed E-state index contributed by atoms with van der Waals surface area (Å²) >= 11 is 1.32. The fourth-order valence-electron chi connectivity index (χ4n) is 2.76. The van der Waals surface area contributed by atoms with E-state index in [4.69, 9.17) is 0 Å². The number of rotatable bonds is 4. The molecule has 1 saturated carbocycles. The summed E-state index contributed by atoms with van der Waals surface area (Å²) in [4.78, 5) is 17.2. The van der Waals surface area contributed by atoms with Gasteiger partial charge < -0.3 is 10.1 Å². The van der Waals surface area contributed by atoms with E-state index in [2.05, 4.69) is 15.0 Å². The monoisotopic (exact) mass is 352 g/mol. The maximum atomic E-state index is 12.1. The Morgan fingerprint density at radius 1 is 1.21 bits per heavy atom. The largest absolute Gasteiger partial charge is 0.435 e. The topological polar surface area (TPSA) is 50.7 Å². The maximum Gasteiger partial charge on any atom is 0.387 e. The lowest BCUT2D eigenvalue weighted by atomic mass is 9.96. The molecule has 0 atom stereocenters. The summed E-state index contributed by atoms with van der Waals surface area (Å²) in [5, 5.41) is 3.44. The number of nitrogens with one attached hydrogen (secondary N) is 1. The zero-order chi connectivity index (χ0) is 16.9. The fourth-order valence-corrected chi connectivity index (χ4v) is 3.65. The first kappa shape index (κ1) is 17.0. The van der Waals surface area contributed by atoms with Crippen LogP contribution in [-0.4, -0.2) is 23.7 Å². The molecule has 24 heavy (non-hydrogen) atoms. The third kappa shape index (κ3) is 4.56. The average Bonchev–Trinajstić information content (AvgIpc) is 2.89. The second-order valence-corrected chi connectivity index (χ2v) is 6.77. The first-order chi connectivity index (χ1) is 11.6. The van der Waals surface area contributed by atoms with Gasteiger partial charge >= 0.3 is 6.61 Å². The summed E-state index contributed by atoms with van der Waals surface area (Å²) in [6.07, 6.45) is 7.51. The quantitative estimate of drug-likeness (QED) is 0.827. The van der Waals surface area contributed by atoms with Crippen LogP contribution in [-0.2, 0) is 4.79 Å². The van der Waals surface area contributed by atoms with Gasteiger partial charge in [-0.05, 0) is 48.4 Å². The molecule has 1 heterocycles. The van der Waals surface area contributed by atoms with Crippen LogP contribution in [0.5, 0.6) is 5.75 Å². The molecule has 1 N–H and O–H groups in total. The second-order valence-electron chi connectivity index (χ2n) is 5.74. The van der Waals surface area contributed by atoms with Gasteiger partial charge in [-0.3, -0.25) is 9.79 Å². The molecule has 7 heteroatoms. The number of thioether (sulfide) groups is 1. The van der Waals surface area contributed by atoms with Crippen molar-refractivity contribution in [1.82, 2.24) is 5.32 Å². The number of amides is 1. The minimum Gasteiger partial charge on any atom is -0.435 e. The number of carbonyl (C=O) groups excluding carboxylic acids is 1. The van der Waals surface area contributed by atoms with Crippen LogP contribution in [0, 0.1) is 0 Å². The normalized spacial score (nSPS) is 22.4. The molecule has 0 aromatic heterocycles. The molecule has 3 rings (SSSR count). The molecule has 0 spiro atoms. The highest BCUT2D eigenvalue weighted by Gasteiger charge is 2.25. The molecule has 1 aliphatic heterocycles. The smallest absolute Gasteiger partial charge is 0.387 e. The Balaban J connectivity index is 1.66. The van der Waals surface area contributed by atoms with E-state index >= 15 is 0 Å². The number of benzene rings is 1. The van der Waals surface area contributed by atoms with Crippen LogP contribution in [0.15, 0.2) is 34.2 Å². The standard InChI is InChI=1S/C17H18F2N2O2S/c18-16(19)23-13-8-6-11(7-9-13)10-14-15(22)21-17(24-14)20-12-4-2-1-3-5-12/h6-10,12,16H,1-5H2,(H,20,21,22)/b14-10+. The molecule has 1 aliphatic carbocycles. The Hall–Kier alpha value is -1.89. The van der Waals surface area contributed by atoms with E-state index in [1.807, 2.05) is 0 Å². The number of carbonyl (C=O) groups is 1. The molecule has 1 aromatic rings. The van der Waals surface area contributed by atoms with Gasteiger partial charge in [0, 0.05) is 0 Å². The minimum absolute atomic E-state index is 0.0928. The van der Waals surface area contributed by atoms with E-state index in [0.29, 0.717) is 16.1 Å². The van der Waals surface area contributed by atoms with Gasteiger partial charge in [-0.25, -0.2) is 0 Å². The van der Waals surface area contributed by atoms with Crippen molar-refractivity contribution in [1.29, 1.82) is 0 Å². The van der Waals surface area contributed by atoms with Gasteiger partial charge in [-0.15, -0.1) is 0 Å². The van der Waals surface area contributed by atoms with Gasteiger partial charge in [-0.1, -0.05) is 31.4 Å². The highest BCUT2D eigenvalue weighted by molar-refractivity contribution is 8.18. The molecule has 2 fully saturated rings. The predicted molar refractivity (Wildman–Crippen MR) is 91.1 cm³/mol. The fraction of sp³-hybridized carbons (Fsp3) is 0.412. The van der Waals surface area contributed by atoms with Gasteiger partial charge in [0.05, 0.1) is 10.9 Å². The van der Waals surface area contributed by atoms with E-state index in [0.717, 1.165) is 18.4 Å². The summed E-state index contributed by atoms with van der Waals surface area (Å²) in [7, 11) is 0. The average molecular weight is 352 g/mol. The zero-order valence-corrected chi connectivity index (χ0v) is 13.8. The molecule has 1 saturated heterocycles. The summed E-state index contributed by atoms with van der Waals surface area (Å²) in [6.45, 7) is -2.84. The van der Waals surface area contributed by atoms with Crippen molar-refractivity contribution < 1.29 is 18.3 Å². The summed E-state index contributed by atoms with van der Waals surface area (Å²) in [6, 6.07) is 6.47. The minimum atomic E-state index is -2.84. The van der Waals surface area contributed by atoms with E-state index in [1.165, 1.54) is 43.2 Å². The summed E-state index contributed by atoms with van der Waals surface area (Å²) < 4.78 is 28.6. The van der Waals surface area contributed by atoms with Crippen LogP contribution in [0.2, 0.25) is 0 Å². The SMILES string of the molecule is O=C1NC(=NC2CCCCC2)S/C1=C/c1ccc(OC(F)F)cc1. The number of hydrogen-bond donors (Lipinski definition) is 1. The van der Waals surface area contributed by atoms with Crippen molar-refractivity contribution in [3.8, 4) is 5.75 Å². The number of alkyl halides is 2. The molecule has 128 valence electrons. The molecule has 0 bridgehead atoms. The van der Waals surface area contributed by atoms with Crippen molar-refractivity contribution in [2.75, 3.05) is 0 Å². The van der Waals surface area contributed by atoms with E-state index in [1.54, 1.807) is 18.2 Å². The third-order valence-corrected chi connectivity index (χ3v) is 4.85. The Labute approximate surface area is 143 Å². The number of nitrogens with zero attached hydrogens (tertiary/aromatic N) is 1. The third-order valence-electron chi connectivity index (χ3n) is 3.93. The molecule has 0 unspecified atom stereocenters. The predicted octanol–water partition coefficient (Wildman–Crippen LogP) is 4.18. The number of hydrogen-bond acceptors (Lipinski definition) is 4. The van der Waals surface area contributed by atoms with E-state index in [9.17, 15) is 13.6 Å². The maximum absolute atomic E-state index is 12.1. The molecule has 1 amide bonds. The second kappa shape index (κ2) is 7.79. The Bertz CT molecular complexity index is 653. The van der Waals surface area contributed by atoms with Crippen LogP contribution in [0.25, 0.3) is 6.08 Å². The van der Waals surface area contributed by atoms with Crippen LogP contribution < -0.4 is 10.1 Å². The molecule has 0 radical (unpaired) electrons. The van der Waals surface area contributed by atoms with Crippen LogP contribution in [0.4, 0.5) is 8.78 Å². The lowest BCUT2D eigenvalue weighted by Crippen LogP contribution is -2.22. The van der Waals surface area contributed by atoms with Crippen LogP contribution in [0.3, 0.4) is 0 Å². The molecule has 4 nitrogen and oxygen atoms in total. The van der Waals surface area contributed by atoms with Crippen molar-refractivity contribution in [2.24, 2.45) is 4.99 Å². The Morgan fingerprint density at radius 3 is 2.58 bits per heavy atom. The number of amidine groups is 1. The van der Waals surface area contributed by atoms with Gasteiger partial charge in [0.1, 0.15) is 5.75 Å². The number of halogens is 2. The van der Waals surface area contributed by atoms with Crippen molar-refractivity contribution >= 4 is 28.9 Å². The zero-order valence-electron chi connectivity index (χ0n) is 13.0. The van der Waals surface area contributed by atoms with Gasteiger partial charge in [0.2, 0.25) is 0 Å². The van der Waals surface area contributed by atoms with E-state index < -0.39 is 6.61 Å². The van der Waals surface area contributed by atoms with Gasteiger partial charge in [-0.2, -0.15) is 8.78 Å². The number of aliphatic imine (C=N–C) groups is 1. The van der Waals surface area contributed by atoms with E-state index in [-0.39, 0.29) is 11.7 Å². The molecular formula is C17H18F2N2O2S. The first-order valence-electron chi connectivity index (χ1n) is 7.94. The van der Waals surface area contributed by atoms with Crippen molar-refractivity contribution in [2.45, 2.75) is 44.8 Å². The lowest BCUT2D eigenvalue weighted by molar-refractivity contribution is -0.115. The summed E-state index contributed by atoms with van der Waals surface area (Å²) in [5.41, 5.74) is 0.744. The van der Waals surface area contributed by atoms with Crippen molar-refractivity contribution in [3.05, 3.63) is 34.7 Å². The van der Waals surface area contributed by atoms with Crippen LogP contribution in [0.1, 0.15) is 37.7 Å². The van der Waals surface area contributed by atoms with Gasteiger partial charge in [0.25, 0.3) is 5.91 Å². The highest BCUT2D eigenvalue weighted by atomic mass is 32.2. The molecule has 1 aromatic carbocycles. The summed E-state index contributed by atoms with van der Waals surface area (Å²) in [5.74, 6) is -0.0855. The van der Waals surface area contributed by atoms with Gasteiger partial charge in [0.15, 0.2) is 5.17 Å². The van der Waals surface area contributed by atoms with Crippen molar-refractivity contribution in [3.63, 3.8) is 0 Å². The molecular weight excluding hydrogens is 334 g/mol. The Kier molecular flexibility index (Phi) is 5.50. The molecule has 2 aliphatic rings. The lowest BCUT2D eigenvalue weighted by Gasteiger charge is -2.17. The Morgan fingerprint density at radius 2 is 1.92 bits per heavy atom. The van der Waals surface area contributed by atoms with Crippen LogP contribution >= 0.6 is 11.8 Å². The number of ether oxygens (including phenoxy) is 1. The first-order valence-corrected chi connectivity index (χ1v) is 8.75.